The Kier molecular flexibility index (Phi) is 15.6. The molecule has 1 saturated heterocycles. The Morgan fingerprint density at radius 1 is 0.808 bits per heavy atom. The Balaban J connectivity index is 1.85. The van der Waals surface area contributed by atoms with Crippen molar-refractivity contribution in [3.8, 4) is 0 Å². The van der Waals surface area contributed by atoms with Gasteiger partial charge in [-0.25, -0.2) is 9.59 Å². The zero-order chi connectivity index (χ0) is 38.5. The number of benzene rings is 2. The van der Waals surface area contributed by atoms with E-state index >= 15 is 0 Å². The van der Waals surface area contributed by atoms with Gasteiger partial charge in [0.05, 0.1) is 18.7 Å². The third kappa shape index (κ3) is 14.6. The molecule has 0 aliphatic carbocycles. The van der Waals surface area contributed by atoms with Crippen LogP contribution in [-0.4, -0.2) is 77.4 Å². The van der Waals surface area contributed by atoms with Crippen molar-refractivity contribution in [2.24, 2.45) is 5.92 Å². The lowest BCUT2D eigenvalue weighted by atomic mass is 9.93. The molecule has 0 saturated carbocycles. The number of carbonyl (C=O) groups is 5. The zero-order valence-electron chi connectivity index (χ0n) is 31.6. The van der Waals surface area contributed by atoms with Crippen LogP contribution in [0.2, 0.25) is 0 Å². The lowest BCUT2D eigenvalue weighted by Gasteiger charge is -2.27. The van der Waals surface area contributed by atoms with Crippen LogP contribution in [0.1, 0.15) is 91.7 Å². The standard InChI is InChI=1S/C39H57N5O8/c1-8-9-10-11-20-40-31(22-26-12-16-28(17-13-26)41-36(48)49)34(46)44-32(35(47)43-30(21-25(2)3)33(45)39(7)24-51-39)23-27-14-18-29(19-15-27)42-37(50)52-38(4,5)6/h12-19,25,30-32,40-41H,8-11,20-24H2,1-7H3,(H,42,50)(H,43,47)(H,44,46)(H,48,49)/t30-,31+,32-,39+/m0/s1. The molecule has 0 spiro atoms. The molecule has 52 heavy (non-hydrogen) atoms. The molecule has 4 amide bonds. The summed E-state index contributed by atoms with van der Waals surface area (Å²) < 4.78 is 10.8. The number of rotatable bonds is 20. The van der Waals surface area contributed by atoms with Crippen LogP contribution in [0.4, 0.5) is 21.0 Å². The van der Waals surface area contributed by atoms with Gasteiger partial charge in [0, 0.05) is 17.8 Å². The van der Waals surface area contributed by atoms with Gasteiger partial charge in [-0.15, -0.1) is 0 Å². The Morgan fingerprint density at radius 3 is 1.83 bits per heavy atom. The maximum Gasteiger partial charge on any atom is 0.412 e. The minimum absolute atomic E-state index is 0.105. The van der Waals surface area contributed by atoms with Gasteiger partial charge in [0.2, 0.25) is 11.8 Å². The van der Waals surface area contributed by atoms with Crippen LogP contribution < -0.4 is 26.6 Å². The minimum atomic E-state index is -1.17. The van der Waals surface area contributed by atoms with Crippen LogP contribution in [0.25, 0.3) is 0 Å². The fourth-order valence-corrected chi connectivity index (χ4v) is 5.63. The Bertz CT molecular complexity index is 1500. The number of nitrogens with one attached hydrogen (secondary N) is 5. The second kappa shape index (κ2) is 19.4. The highest BCUT2D eigenvalue weighted by molar-refractivity contribution is 5.98. The summed E-state index contributed by atoms with van der Waals surface area (Å²) in [6, 6.07) is 11.1. The Labute approximate surface area is 307 Å². The van der Waals surface area contributed by atoms with Crippen LogP contribution in [0, 0.1) is 5.92 Å². The van der Waals surface area contributed by atoms with E-state index in [0.29, 0.717) is 36.5 Å². The van der Waals surface area contributed by atoms with E-state index in [1.165, 1.54) is 0 Å². The lowest BCUT2D eigenvalue weighted by molar-refractivity contribution is -0.133. The number of hydrogen-bond donors (Lipinski definition) is 6. The number of hydrogen-bond acceptors (Lipinski definition) is 8. The lowest BCUT2D eigenvalue weighted by Crippen LogP contribution is -2.57. The molecule has 2 aromatic carbocycles. The smallest absolute Gasteiger partial charge is 0.412 e. The number of epoxide rings is 1. The van der Waals surface area contributed by atoms with Crippen LogP contribution in [0.5, 0.6) is 0 Å². The first-order valence-corrected chi connectivity index (χ1v) is 18.2. The number of ether oxygens (including phenoxy) is 2. The second-order valence-corrected chi connectivity index (χ2v) is 15.1. The number of anilines is 2. The summed E-state index contributed by atoms with van der Waals surface area (Å²) in [5, 5.41) is 23.3. The van der Waals surface area contributed by atoms with Gasteiger partial charge in [-0.1, -0.05) is 64.3 Å². The topological polar surface area (TPSA) is 187 Å². The molecule has 1 heterocycles. The van der Waals surface area contributed by atoms with E-state index in [2.05, 4.69) is 33.5 Å². The third-order valence-corrected chi connectivity index (χ3v) is 8.49. The molecule has 2 aromatic rings. The van der Waals surface area contributed by atoms with Gasteiger partial charge >= 0.3 is 12.2 Å². The average Bonchev–Trinajstić information content (AvgIpc) is 3.81. The predicted octanol–water partition coefficient (Wildman–Crippen LogP) is 5.82. The van der Waals surface area contributed by atoms with Crippen LogP contribution in [0.15, 0.2) is 48.5 Å². The van der Waals surface area contributed by atoms with Crippen molar-refractivity contribution < 1.29 is 38.6 Å². The van der Waals surface area contributed by atoms with Crippen molar-refractivity contribution in [2.75, 3.05) is 23.8 Å². The van der Waals surface area contributed by atoms with Crippen LogP contribution in [-0.2, 0) is 36.7 Å². The molecule has 0 radical (unpaired) electrons. The molecule has 13 nitrogen and oxygen atoms in total. The van der Waals surface area contributed by atoms with E-state index < -0.39 is 53.3 Å². The van der Waals surface area contributed by atoms with Gasteiger partial charge in [-0.3, -0.25) is 25.0 Å². The van der Waals surface area contributed by atoms with E-state index in [1.807, 2.05) is 13.8 Å². The molecule has 0 aromatic heterocycles. The summed E-state index contributed by atoms with van der Waals surface area (Å²) in [6.45, 7) is 14.0. The minimum Gasteiger partial charge on any atom is -0.465 e. The molecule has 0 unspecified atom stereocenters. The molecular formula is C39H57N5O8. The van der Waals surface area contributed by atoms with E-state index in [-0.39, 0.29) is 24.5 Å². The third-order valence-electron chi connectivity index (χ3n) is 8.49. The quantitative estimate of drug-likeness (QED) is 0.0723. The fourth-order valence-electron chi connectivity index (χ4n) is 5.63. The summed E-state index contributed by atoms with van der Waals surface area (Å²) in [5.74, 6) is -0.994. The summed E-state index contributed by atoms with van der Waals surface area (Å²) >= 11 is 0. The second-order valence-electron chi connectivity index (χ2n) is 15.1. The normalized spacial score (nSPS) is 17.0. The number of Topliss-reactive ketones (excluding diaryl/α,β-unsaturated/α-hetero) is 1. The van der Waals surface area contributed by atoms with Crippen molar-refractivity contribution in [1.82, 2.24) is 16.0 Å². The molecule has 6 N–H and O–H groups in total. The maximum atomic E-state index is 14.0. The number of ketones is 1. The number of amides is 4. The monoisotopic (exact) mass is 723 g/mol. The van der Waals surface area contributed by atoms with Gasteiger partial charge in [0.1, 0.15) is 17.2 Å². The van der Waals surface area contributed by atoms with Crippen LogP contribution in [0.3, 0.4) is 0 Å². The van der Waals surface area contributed by atoms with Crippen molar-refractivity contribution in [3.05, 3.63) is 59.7 Å². The zero-order valence-corrected chi connectivity index (χ0v) is 31.6. The molecule has 1 aliphatic rings. The molecule has 4 atom stereocenters. The summed E-state index contributed by atoms with van der Waals surface area (Å²) in [4.78, 5) is 64.8. The summed E-state index contributed by atoms with van der Waals surface area (Å²) in [5.41, 5.74) is 0.816. The Hall–Kier alpha value is -4.49. The van der Waals surface area contributed by atoms with E-state index in [4.69, 9.17) is 14.6 Å². The Morgan fingerprint density at radius 2 is 1.33 bits per heavy atom. The van der Waals surface area contributed by atoms with Gasteiger partial charge in [0.25, 0.3) is 0 Å². The van der Waals surface area contributed by atoms with E-state index in [0.717, 1.165) is 31.2 Å². The van der Waals surface area contributed by atoms with Gasteiger partial charge in [0.15, 0.2) is 5.78 Å². The maximum absolute atomic E-state index is 14.0. The van der Waals surface area contributed by atoms with Crippen molar-refractivity contribution >= 4 is 41.2 Å². The largest absolute Gasteiger partial charge is 0.465 e. The molecule has 286 valence electrons. The van der Waals surface area contributed by atoms with Crippen molar-refractivity contribution in [1.29, 1.82) is 0 Å². The van der Waals surface area contributed by atoms with Gasteiger partial charge in [-0.05, 0) is 94.8 Å². The molecule has 1 aliphatic heterocycles. The first-order valence-electron chi connectivity index (χ1n) is 18.2. The summed E-state index contributed by atoms with van der Waals surface area (Å²) in [7, 11) is 0. The van der Waals surface area contributed by atoms with Crippen molar-refractivity contribution in [3.63, 3.8) is 0 Å². The van der Waals surface area contributed by atoms with E-state index in [9.17, 15) is 24.0 Å². The highest BCUT2D eigenvalue weighted by Crippen LogP contribution is 2.30. The molecular weight excluding hydrogens is 666 g/mol. The highest BCUT2D eigenvalue weighted by Gasteiger charge is 2.50. The molecule has 0 bridgehead atoms. The SMILES string of the molecule is CCCCCCN[C@H](Cc1ccc(NC(=O)O)cc1)C(=O)N[C@@H](Cc1ccc(NC(=O)OC(C)(C)C)cc1)C(=O)N[C@@H](CC(C)C)C(=O)[C@@]1(C)CO1. The number of carboxylic acid groups (broad SMARTS) is 1. The van der Waals surface area contributed by atoms with Crippen LogP contribution >= 0.6 is 0 Å². The molecule has 13 heteroatoms. The predicted molar refractivity (Wildman–Crippen MR) is 200 cm³/mol. The first kappa shape index (κ1) is 41.9. The van der Waals surface area contributed by atoms with Crippen molar-refractivity contribution in [2.45, 2.75) is 123 Å². The fraction of sp³-hybridized carbons (Fsp3) is 0.564. The summed E-state index contributed by atoms with van der Waals surface area (Å²) in [6.07, 6.45) is 3.05. The highest BCUT2D eigenvalue weighted by atomic mass is 16.6. The first-order chi connectivity index (χ1) is 24.5. The van der Waals surface area contributed by atoms with E-state index in [1.54, 1.807) is 76.2 Å². The number of unbranched alkanes of at least 4 members (excludes halogenated alkanes) is 3. The average molecular weight is 724 g/mol. The van der Waals surface area contributed by atoms with Gasteiger partial charge < -0.3 is 30.5 Å². The molecule has 3 rings (SSSR count). The number of carbonyl (C=O) groups excluding carboxylic acids is 4. The molecule has 1 fully saturated rings. The van der Waals surface area contributed by atoms with Gasteiger partial charge in [-0.2, -0.15) is 0 Å².